The minimum atomic E-state index is -3.32. The number of rotatable bonds is 9. The van der Waals surface area contributed by atoms with E-state index in [0.29, 0.717) is 38.1 Å². The summed E-state index contributed by atoms with van der Waals surface area (Å²) in [6, 6.07) is 7.64. The van der Waals surface area contributed by atoms with Crippen LogP contribution in [-0.2, 0) is 18.5 Å². The highest BCUT2D eigenvalue weighted by Crippen LogP contribution is 2.36. The maximum absolute atomic E-state index is 14.0. The lowest BCUT2D eigenvalue weighted by molar-refractivity contribution is 0.00933. The first kappa shape index (κ1) is 21.7. The number of ether oxygens (including phenoxy) is 2. The van der Waals surface area contributed by atoms with Crippen LogP contribution >= 0.6 is 0 Å². The molecule has 28 heavy (non-hydrogen) atoms. The number of halogens is 4. The highest BCUT2D eigenvalue weighted by Gasteiger charge is 2.32. The van der Waals surface area contributed by atoms with Gasteiger partial charge in [0.25, 0.3) is 11.8 Å². The van der Waals surface area contributed by atoms with E-state index in [1.54, 1.807) is 0 Å². The summed E-state index contributed by atoms with van der Waals surface area (Å²) in [6.45, 7) is 3.33. The number of alkyl halides is 4. The molecule has 0 radical (unpaired) electrons. The molecule has 0 amide bonds. The normalized spacial score (nSPS) is 12.0. The minimum absolute atomic E-state index is 0.0846. The summed E-state index contributed by atoms with van der Waals surface area (Å²) in [5.74, 6) is -5.96. The van der Waals surface area contributed by atoms with Crippen molar-refractivity contribution in [2.45, 2.75) is 45.6 Å². The van der Waals surface area contributed by atoms with Crippen molar-refractivity contribution >= 4 is 6.29 Å². The van der Waals surface area contributed by atoms with E-state index in [2.05, 4.69) is 0 Å². The lowest BCUT2D eigenvalue weighted by Gasteiger charge is -2.20. The first-order chi connectivity index (χ1) is 13.1. The Bertz CT molecular complexity index is 823. The fraction of sp³-hybridized carbons (Fsp3) is 0.381. The predicted octanol–water partition coefficient (Wildman–Crippen LogP) is 6.09. The minimum Gasteiger partial charge on any atom is -0.490 e. The van der Waals surface area contributed by atoms with E-state index in [9.17, 15) is 22.4 Å². The van der Waals surface area contributed by atoms with Gasteiger partial charge in [-0.25, -0.2) is 17.6 Å². The van der Waals surface area contributed by atoms with Gasteiger partial charge < -0.3 is 9.47 Å². The Morgan fingerprint density at radius 2 is 1.64 bits per heavy atom. The maximum atomic E-state index is 14.0. The van der Waals surface area contributed by atoms with Crippen LogP contribution < -0.4 is 9.47 Å². The van der Waals surface area contributed by atoms with Crippen molar-refractivity contribution in [3.05, 3.63) is 58.7 Å². The third kappa shape index (κ3) is 5.47. The fourth-order valence-corrected chi connectivity index (χ4v) is 2.58. The number of carbonyl (C=O) groups excluding carboxylic acids is 1. The Labute approximate surface area is 161 Å². The molecule has 0 aromatic heterocycles. The summed E-state index contributed by atoms with van der Waals surface area (Å²) in [6.07, 6.45) is 1.38. The molecule has 0 saturated heterocycles. The van der Waals surface area contributed by atoms with E-state index in [0.717, 1.165) is 18.6 Å². The monoisotopic (exact) mass is 398 g/mol. The third-order valence-electron chi connectivity index (χ3n) is 4.04. The zero-order valence-electron chi connectivity index (χ0n) is 15.9. The zero-order valence-corrected chi connectivity index (χ0v) is 15.9. The molecule has 0 bridgehead atoms. The molecule has 0 N–H and O–H groups in total. The van der Waals surface area contributed by atoms with Gasteiger partial charge in [-0.2, -0.15) is 0 Å². The molecule has 0 aliphatic heterocycles. The first-order valence-electron chi connectivity index (χ1n) is 8.80. The van der Waals surface area contributed by atoms with E-state index in [1.165, 1.54) is 24.3 Å². The zero-order chi connectivity index (χ0) is 20.9. The summed E-state index contributed by atoms with van der Waals surface area (Å²) in [5.41, 5.74) is -0.544. The lowest BCUT2D eigenvalue weighted by Crippen LogP contribution is -2.16. The molecule has 2 aromatic carbocycles. The second-order valence-corrected chi connectivity index (χ2v) is 6.61. The Balaban J connectivity index is 2.32. The third-order valence-corrected chi connectivity index (χ3v) is 4.04. The summed E-state index contributed by atoms with van der Waals surface area (Å²) >= 11 is 0. The second kappa shape index (κ2) is 8.63. The molecule has 0 heterocycles. The quantitative estimate of drug-likeness (QED) is 0.379. The molecule has 0 aliphatic carbocycles. The molecule has 0 unspecified atom stereocenters. The van der Waals surface area contributed by atoms with Gasteiger partial charge in [0.15, 0.2) is 11.5 Å². The Kier molecular flexibility index (Phi) is 6.69. The van der Waals surface area contributed by atoms with Crippen molar-refractivity contribution in [1.29, 1.82) is 0 Å². The number of aldehydes is 1. The average molecular weight is 398 g/mol. The van der Waals surface area contributed by atoms with E-state index >= 15 is 0 Å². The second-order valence-electron chi connectivity index (χ2n) is 6.61. The highest BCUT2D eigenvalue weighted by molar-refractivity contribution is 5.76. The molecule has 0 spiro atoms. The van der Waals surface area contributed by atoms with Crippen LogP contribution in [0.3, 0.4) is 0 Å². The molecule has 0 fully saturated rings. The van der Waals surface area contributed by atoms with Gasteiger partial charge in [0.1, 0.15) is 12.9 Å². The van der Waals surface area contributed by atoms with Crippen molar-refractivity contribution in [3.8, 4) is 11.5 Å². The lowest BCUT2D eigenvalue weighted by atomic mass is 9.97. The molecule has 2 rings (SSSR count). The highest BCUT2D eigenvalue weighted by atomic mass is 19.3. The summed E-state index contributed by atoms with van der Waals surface area (Å²) in [5, 5.41) is 0. The summed E-state index contributed by atoms with van der Waals surface area (Å²) in [7, 11) is 0. The Morgan fingerprint density at radius 1 is 0.929 bits per heavy atom. The molecule has 7 heteroatoms. The van der Waals surface area contributed by atoms with Crippen molar-refractivity contribution in [3.63, 3.8) is 0 Å². The molecular weight excluding hydrogens is 376 g/mol. The SMILES string of the molecule is CCCOc1cc(C=O)ccc1OCc1ccc(C(C)(F)F)cc1C(C)(F)F. The van der Waals surface area contributed by atoms with E-state index in [1.807, 2.05) is 6.92 Å². The Morgan fingerprint density at radius 3 is 2.21 bits per heavy atom. The molecule has 2 aromatic rings. The van der Waals surface area contributed by atoms with E-state index in [4.69, 9.17) is 9.47 Å². The topological polar surface area (TPSA) is 35.5 Å². The molecule has 3 nitrogen and oxygen atoms in total. The standard InChI is InChI=1S/C21H22F4O3/c1-4-9-27-19-10-14(12-26)5-8-18(19)28-13-15-6-7-16(20(2,22)23)11-17(15)21(3,24)25/h5-8,10-12H,4,9,13H2,1-3H3. The van der Waals surface area contributed by atoms with Crippen LogP contribution in [0.5, 0.6) is 11.5 Å². The van der Waals surface area contributed by atoms with Gasteiger partial charge in [0.05, 0.1) is 6.61 Å². The van der Waals surface area contributed by atoms with Gasteiger partial charge in [0.2, 0.25) is 0 Å². The molecule has 0 atom stereocenters. The van der Waals surface area contributed by atoms with Crippen molar-refractivity contribution in [1.82, 2.24) is 0 Å². The fourth-order valence-electron chi connectivity index (χ4n) is 2.58. The van der Waals surface area contributed by atoms with Crippen LogP contribution in [0.25, 0.3) is 0 Å². The maximum Gasteiger partial charge on any atom is 0.270 e. The number of hydrogen-bond acceptors (Lipinski definition) is 3. The van der Waals surface area contributed by atoms with Gasteiger partial charge in [-0.05, 0) is 36.2 Å². The van der Waals surface area contributed by atoms with Crippen molar-refractivity contribution < 1.29 is 31.8 Å². The van der Waals surface area contributed by atoms with Crippen LogP contribution in [-0.4, -0.2) is 12.9 Å². The molecule has 0 aliphatic rings. The summed E-state index contributed by atoms with van der Waals surface area (Å²) in [4.78, 5) is 11.0. The summed E-state index contributed by atoms with van der Waals surface area (Å²) < 4.78 is 66.2. The van der Waals surface area contributed by atoms with Gasteiger partial charge in [-0.3, -0.25) is 4.79 Å². The van der Waals surface area contributed by atoms with Gasteiger partial charge in [-0.15, -0.1) is 0 Å². The van der Waals surface area contributed by atoms with Crippen LogP contribution in [0.2, 0.25) is 0 Å². The first-order valence-corrected chi connectivity index (χ1v) is 8.80. The van der Waals surface area contributed by atoms with E-state index in [-0.39, 0.29) is 17.9 Å². The number of carbonyl (C=O) groups is 1. The van der Waals surface area contributed by atoms with Crippen LogP contribution in [0, 0.1) is 0 Å². The molecule has 152 valence electrons. The molecular formula is C21H22F4O3. The number of benzene rings is 2. The average Bonchev–Trinajstić information content (AvgIpc) is 2.63. The largest absolute Gasteiger partial charge is 0.490 e. The van der Waals surface area contributed by atoms with Crippen LogP contribution in [0.1, 0.15) is 54.2 Å². The smallest absolute Gasteiger partial charge is 0.270 e. The van der Waals surface area contributed by atoms with Crippen LogP contribution in [0.4, 0.5) is 17.6 Å². The Hall–Kier alpha value is -2.57. The van der Waals surface area contributed by atoms with Gasteiger partial charge in [0, 0.05) is 30.5 Å². The van der Waals surface area contributed by atoms with Crippen molar-refractivity contribution in [2.75, 3.05) is 6.61 Å². The van der Waals surface area contributed by atoms with Crippen molar-refractivity contribution in [2.24, 2.45) is 0 Å². The van der Waals surface area contributed by atoms with Gasteiger partial charge >= 0.3 is 0 Å². The predicted molar refractivity (Wildman–Crippen MR) is 97.5 cm³/mol. The van der Waals surface area contributed by atoms with Crippen LogP contribution in [0.15, 0.2) is 36.4 Å². The van der Waals surface area contributed by atoms with E-state index < -0.39 is 23.0 Å². The number of hydrogen-bond donors (Lipinski definition) is 0. The molecule has 0 saturated carbocycles. The van der Waals surface area contributed by atoms with Gasteiger partial charge in [-0.1, -0.05) is 19.1 Å².